The Morgan fingerprint density at radius 1 is 1.21 bits per heavy atom. The lowest BCUT2D eigenvalue weighted by Gasteiger charge is -2.20. The van der Waals surface area contributed by atoms with Crippen molar-refractivity contribution in [2.24, 2.45) is 5.92 Å². The van der Waals surface area contributed by atoms with Crippen molar-refractivity contribution in [2.45, 2.75) is 51.0 Å². The normalized spacial score (nSPS) is 22.3. The second-order valence-corrected chi connectivity index (χ2v) is 6.80. The number of carbonyl (C=O) groups excluding carboxylic acids is 2. The Hall–Kier alpha value is -2.04. The fourth-order valence-electron chi connectivity index (χ4n) is 3.65. The molecule has 1 heterocycles. The predicted molar refractivity (Wildman–Crippen MR) is 93.1 cm³/mol. The van der Waals surface area contributed by atoms with Gasteiger partial charge in [-0.3, -0.25) is 9.59 Å². The van der Waals surface area contributed by atoms with Gasteiger partial charge in [0, 0.05) is 30.8 Å². The number of rotatable bonds is 4. The maximum Gasteiger partial charge on any atom is 0.227 e. The van der Waals surface area contributed by atoms with Gasteiger partial charge in [0.25, 0.3) is 0 Å². The fourth-order valence-corrected chi connectivity index (χ4v) is 3.65. The first-order valence-electron chi connectivity index (χ1n) is 8.92. The smallest absolute Gasteiger partial charge is 0.227 e. The number of ether oxygens (including phenoxy) is 1. The topological polar surface area (TPSA) is 58.6 Å². The molecular formula is C19H26N2O3. The standard InChI is InChI=1S/C19H26N2O3/c1-24-17-10-6-9-16(12-17)21-13-14(11-18(21)22)19(23)20-15-7-4-2-3-5-8-15/h6,9-10,12,14-15H,2-5,7-8,11,13H2,1H3,(H,20,23)/t14-/m1/s1. The SMILES string of the molecule is COc1cccc(N2C[C@H](C(=O)NC3CCCCCC3)CC2=O)c1. The van der Waals surface area contributed by atoms with E-state index in [0.29, 0.717) is 12.3 Å². The van der Waals surface area contributed by atoms with Crippen molar-refractivity contribution in [1.29, 1.82) is 0 Å². The molecule has 1 saturated carbocycles. The molecule has 0 radical (unpaired) electrons. The lowest BCUT2D eigenvalue weighted by molar-refractivity contribution is -0.127. The Kier molecular flexibility index (Phi) is 5.38. The van der Waals surface area contributed by atoms with Crippen LogP contribution in [0, 0.1) is 5.92 Å². The molecule has 2 aliphatic rings. The van der Waals surface area contributed by atoms with E-state index < -0.39 is 0 Å². The van der Waals surface area contributed by atoms with Gasteiger partial charge in [0.15, 0.2) is 0 Å². The zero-order valence-corrected chi connectivity index (χ0v) is 14.3. The van der Waals surface area contributed by atoms with Crippen molar-refractivity contribution in [2.75, 3.05) is 18.6 Å². The van der Waals surface area contributed by atoms with Gasteiger partial charge >= 0.3 is 0 Å². The minimum absolute atomic E-state index is 0.00395. The molecule has 3 rings (SSSR count). The molecule has 1 aromatic carbocycles. The van der Waals surface area contributed by atoms with Gasteiger partial charge in [0.05, 0.1) is 13.0 Å². The van der Waals surface area contributed by atoms with Crippen molar-refractivity contribution in [3.63, 3.8) is 0 Å². The van der Waals surface area contributed by atoms with Crippen LogP contribution in [0.4, 0.5) is 5.69 Å². The monoisotopic (exact) mass is 330 g/mol. The molecule has 0 bridgehead atoms. The molecule has 1 saturated heterocycles. The molecule has 1 N–H and O–H groups in total. The molecule has 5 heteroatoms. The Morgan fingerprint density at radius 2 is 1.96 bits per heavy atom. The summed E-state index contributed by atoms with van der Waals surface area (Å²) in [7, 11) is 1.61. The van der Waals surface area contributed by atoms with Crippen molar-refractivity contribution < 1.29 is 14.3 Å². The highest BCUT2D eigenvalue weighted by molar-refractivity contribution is 6.00. The summed E-state index contributed by atoms with van der Waals surface area (Å²) >= 11 is 0. The number of amides is 2. The Morgan fingerprint density at radius 3 is 2.67 bits per heavy atom. The van der Waals surface area contributed by atoms with Gasteiger partial charge in [-0.15, -0.1) is 0 Å². The highest BCUT2D eigenvalue weighted by Crippen LogP contribution is 2.28. The third kappa shape index (κ3) is 3.89. The van der Waals surface area contributed by atoms with Crippen molar-refractivity contribution in [3.05, 3.63) is 24.3 Å². The zero-order chi connectivity index (χ0) is 16.9. The van der Waals surface area contributed by atoms with Crippen molar-refractivity contribution >= 4 is 17.5 Å². The Bertz CT molecular complexity index is 594. The van der Waals surface area contributed by atoms with Crippen LogP contribution in [-0.2, 0) is 9.59 Å². The molecule has 1 aromatic rings. The highest BCUT2D eigenvalue weighted by atomic mass is 16.5. The molecule has 2 fully saturated rings. The van der Waals surface area contributed by atoms with Gasteiger partial charge in [0.2, 0.25) is 11.8 Å². The average molecular weight is 330 g/mol. The summed E-state index contributed by atoms with van der Waals surface area (Å²) in [6.45, 7) is 0.449. The minimum Gasteiger partial charge on any atom is -0.497 e. The van der Waals surface area contributed by atoms with Gasteiger partial charge in [-0.25, -0.2) is 0 Å². The first-order valence-corrected chi connectivity index (χ1v) is 8.92. The van der Waals surface area contributed by atoms with Crippen LogP contribution in [0.2, 0.25) is 0 Å². The van der Waals surface area contributed by atoms with E-state index in [1.807, 2.05) is 24.3 Å². The lowest BCUT2D eigenvalue weighted by atomic mass is 10.0. The Balaban J connectivity index is 1.62. The summed E-state index contributed by atoms with van der Waals surface area (Å²) in [5.41, 5.74) is 0.795. The highest BCUT2D eigenvalue weighted by Gasteiger charge is 2.35. The van der Waals surface area contributed by atoms with Crippen LogP contribution in [0.3, 0.4) is 0 Å². The number of hydrogen-bond acceptors (Lipinski definition) is 3. The van der Waals surface area contributed by atoms with E-state index in [0.717, 1.165) is 18.5 Å². The summed E-state index contributed by atoms with van der Waals surface area (Å²) in [6.07, 6.45) is 7.30. The molecule has 24 heavy (non-hydrogen) atoms. The maximum absolute atomic E-state index is 12.6. The van der Waals surface area contributed by atoms with E-state index in [1.54, 1.807) is 12.0 Å². The van der Waals surface area contributed by atoms with Crippen LogP contribution < -0.4 is 15.0 Å². The number of anilines is 1. The van der Waals surface area contributed by atoms with Crippen LogP contribution in [0.25, 0.3) is 0 Å². The molecule has 1 atom stereocenters. The zero-order valence-electron chi connectivity index (χ0n) is 14.3. The van der Waals surface area contributed by atoms with E-state index in [9.17, 15) is 9.59 Å². The maximum atomic E-state index is 12.6. The number of carbonyl (C=O) groups is 2. The van der Waals surface area contributed by atoms with Crippen molar-refractivity contribution in [1.82, 2.24) is 5.32 Å². The summed E-state index contributed by atoms with van der Waals surface area (Å²) in [5.74, 6) is 0.489. The molecule has 1 aliphatic heterocycles. The van der Waals surface area contributed by atoms with Crippen LogP contribution in [0.5, 0.6) is 5.75 Å². The third-order valence-electron chi connectivity index (χ3n) is 5.06. The molecule has 1 aliphatic carbocycles. The minimum atomic E-state index is -0.257. The second kappa shape index (κ2) is 7.69. The van der Waals surface area contributed by atoms with Crippen LogP contribution in [0.1, 0.15) is 44.9 Å². The molecule has 0 spiro atoms. The lowest BCUT2D eigenvalue weighted by Crippen LogP contribution is -2.39. The summed E-state index contributed by atoms with van der Waals surface area (Å²) in [5, 5.41) is 3.17. The summed E-state index contributed by atoms with van der Waals surface area (Å²) < 4.78 is 5.22. The number of nitrogens with one attached hydrogen (secondary N) is 1. The molecule has 0 unspecified atom stereocenters. The predicted octanol–water partition coefficient (Wildman–Crippen LogP) is 2.89. The first-order chi connectivity index (χ1) is 11.7. The van der Waals surface area contributed by atoms with E-state index in [-0.39, 0.29) is 30.2 Å². The van der Waals surface area contributed by atoms with Gasteiger partial charge in [-0.2, -0.15) is 0 Å². The molecule has 130 valence electrons. The Labute approximate surface area is 143 Å². The first kappa shape index (κ1) is 16.8. The van der Waals surface area contributed by atoms with E-state index >= 15 is 0 Å². The molecular weight excluding hydrogens is 304 g/mol. The molecule has 5 nitrogen and oxygen atoms in total. The number of methoxy groups -OCH3 is 1. The quantitative estimate of drug-likeness (QED) is 0.864. The summed E-state index contributed by atoms with van der Waals surface area (Å²) in [4.78, 5) is 26.6. The number of nitrogens with zero attached hydrogens (tertiary/aromatic N) is 1. The van der Waals surface area contributed by atoms with E-state index in [2.05, 4.69) is 5.32 Å². The van der Waals surface area contributed by atoms with Crippen LogP contribution >= 0.6 is 0 Å². The average Bonchev–Trinajstić information content (AvgIpc) is 2.81. The van der Waals surface area contributed by atoms with Gasteiger partial charge < -0.3 is 15.0 Å². The second-order valence-electron chi connectivity index (χ2n) is 6.80. The van der Waals surface area contributed by atoms with Gasteiger partial charge in [-0.1, -0.05) is 31.7 Å². The van der Waals surface area contributed by atoms with Crippen LogP contribution in [-0.4, -0.2) is 31.5 Å². The largest absolute Gasteiger partial charge is 0.497 e. The summed E-state index contributed by atoms with van der Waals surface area (Å²) in [6, 6.07) is 7.71. The molecule has 2 amide bonds. The van der Waals surface area contributed by atoms with E-state index in [4.69, 9.17) is 4.74 Å². The van der Waals surface area contributed by atoms with Gasteiger partial charge in [0.1, 0.15) is 5.75 Å². The van der Waals surface area contributed by atoms with Crippen molar-refractivity contribution in [3.8, 4) is 5.75 Å². The molecule has 0 aromatic heterocycles. The fraction of sp³-hybridized carbons (Fsp3) is 0.579. The number of benzene rings is 1. The van der Waals surface area contributed by atoms with Gasteiger partial charge in [-0.05, 0) is 25.0 Å². The third-order valence-corrected chi connectivity index (χ3v) is 5.06. The number of hydrogen-bond donors (Lipinski definition) is 1. The van der Waals surface area contributed by atoms with Crippen LogP contribution in [0.15, 0.2) is 24.3 Å². The van der Waals surface area contributed by atoms with E-state index in [1.165, 1.54) is 25.7 Å².